The number of pyridine rings is 1. The first-order chi connectivity index (χ1) is 8.80. The van der Waals surface area contributed by atoms with Crippen molar-refractivity contribution < 1.29 is 0 Å². The largest absolute Gasteiger partial charge is 0.384 e. The van der Waals surface area contributed by atoms with E-state index in [1.165, 1.54) is 13.0 Å². The molecule has 0 aliphatic rings. The highest BCUT2D eigenvalue weighted by molar-refractivity contribution is 5.51. The van der Waals surface area contributed by atoms with Gasteiger partial charge in [-0.1, -0.05) is 13.8 Å². The molecule has 18 heavy (non-hydrogen) atoms. The minimum atomic E-state index is 0.899. The molecule has 1 aromatic heterocycles. The predicted molar refractivity (Wildman–Crippen MR) is 79.3 cm³/mol. The van der Waals surface area contributed by atoms with Crippen LogP contribution in [0.5, 0.6) is 0 Å². The van der Waals surface area contributed by atoms with E-state index in [0.717, 1.165) is 37.7 Å². The molecule has 0 saturated carbocycles. The predicted octanol–water partition coefficient (Wildman–Crippen LogP) is 2.66. The summed E-state index contributed by atoms with van der Waals surface area (Å²) < 4.78 is 0. The first-order valence-electron chi connectivity index (χ1n) is 6.96. The summed E-state index contributed by atoms with van der Waals surface area (Å²) in [4.78, 5) is 6.71. The first kappa shape index (κ1) is 14.8. The lowest BCUT2D eigenvalue weighted by Crippen LogP contribution is -2.29. The van der Waals surface area contributed by atoms with E-state index in [1.807, 2.05) is 12.3 Å². The molecule has 0 saturated heterocycles. The van der Waals surface area contributed by atoms with Gasteiger partial charge in [-0.15, -0.1) is 0 Å². The molecule has 2 N–H and O–H groups in total. The number of nitrogens with one attached hydrogen (secondary N) is 2. The standard InChI is InChI=1S/C14H26N4/c1-4-10-18(6-3)11-9-16-13-7-8-17-14(12-13)15-5-2/h7-8,12H,4-6,9-11H2,1-3H3,(H2,15,16,17). The minimum Gasteiger partial charge on any atom is -0.384 e. The van der Waals surface area contributed by atoms with Crippen LogP contribution in [0.2, 0.25) is 0 Å². The van der Waals surface area contributed by atoms with Crippen LogP contribution in [0.25, 0.3) is 0 Å². The fraction of sp³-hybridized carbons (Fsp3) is 0.643. The smallest absolute Gasteiger partial charge is 0.127 e. The summed E-state index contributed by atoms with van der Waals surface area (Å²) in [6.07, 6.45) is 3.05. The highest BCUT2D eigenvalue weighted by atomic mass is 15.1. The fourth-order valence-electron chi connectivity index (χ4n) is 1.92. The van der Waals surface area contributed by atoms with Gasteiger partial charge in [-0.05, 0) is 32.5 Å². The van der Waals surface area contributed by atoms with Crippen molar-refractivity contribution in [1.29, 1.82) is 0 Å². The summed E-state index contributed by atoms with van der Waals surface area (Å²) in [5, 5.41) is 6.66. The molecule has 0 amide bonds. The van der Waals surface area contributed by atoms with E-state index in [1.54, 1.807) is 0 Å². The summed E-state index contributed by atoms with van der Waals surface area (Å²) in [5.74, 6) is 0.934. The zero-order valence-corrected chi connectivity index (χ0v) is 11.9. The Morgan fingerprint density at radius 3 is 2.67 bits per heavy atom. The number of anilines is 2. The quantitative estimate of drug-likeness (QED) is 0.707. The van der Waals surface area contributed by atoms with E-state index in [0.29, 0.717) is 0 Å². The van der Waals surface area contributed by atoms with Crippen molar-refractivity contribution in [1.82, 2.24) is 9.88 Å². The Morgan fingerprint density at radius 2 is 2.00 bits per heavy atom. The van der Waals surface area contributed by atoms with Crippen LogP contribution in [-0.2, 0) is 0 Å². The van der Waals surface area contributed by atoms with Crippen LogP contribution < -0.4 is 10.6 Å². The number of hydrogen-bond acceptors (Lipinski definition) is 4. The van der Waals surface area contributed by atoms with Gasteiger partial charge in [0.1, 0.15) is 5.82 Å². The third kappa shape index (κ3) is 5.36. The molecule has 0 spiro atoms. The van der Waals surface area contributed by atoms with Crippen molar-refractivity contribution in [3.63, 3.8) is 0 Å². The van der Waals surface area contributed by atoms with Crippen LogP contribution in [0.3, 0.4) is 0 Å². The topological polar surface area (TPSA) is 40.2 Å². The molecule has 4 nitrogen and oxygen atoms in total. The van der Waals surface area contributed by atoms with Gasteiger partial charge in [-0.3, -0.25) is 0 Å². The Morgan fingerprint density at radius 1 is 1.17 bits per heavy atom. The maximum atomic E-state index is 4.26. The van der Waals surface area contributed by atoms with E-state index < -0.39 is 0 Å². The lowest BCUT2D eigenvalue weighted by molar-refractivity contribution is 0.300. The van der Waals surface area contributed by atoms with Gasteiger partial charge < -0.3 is 15.5 Å². The molecule has 0 aliphatic carbocycles. The van der Waals surface area contributed by atoms with E-state index >= 15 is 0 Å². The van der Waals surface area contributed by atoms with Crippen molar-refractivity contribution in [2.24, 2.45) is 0 Å². The maximum Gasteiger partial charge on any atom is 0.127 e. The van der Waals surface area contributed by atoms with Crippen molar-refractivity contribution in [2.45, 2.75) is 27.2 Å². The average Bonchev–Trinajstić information content (AvgIpc) is 2.38. The molecule has 0 bridgehead atoms. The third-order valence-corrected chi connectivity index (χ3v) is 2.86. The molecule has 4 heteroatoms. The third-order valence-electron chi connectivity index (χ3n) is 2.86. The Kier molecular flexibility index (Phi) is 7.18. The number of hydrogen-bond donors (Lipinski definition) is 2. The lowest BCUT2D eigenvalue weighted by atomic mass is 10.3. The Hall–Kier alpha value is -1.29. The average molecular weight is 250 g/mol. The Bertz CT molecular complexity index is 327. The summed E-state index contributed by atoms with van der Waals surface area (Å²) in [6.45, 7) is 11.8. The van der Waals surface area contributed by atoms with Crippen molar-refractivity contribution >= 4 is 11.5 Å². The van der Waals surface area contributed by atoms with Gasteiger partial charge in [-0.2, -0.15) is 0 Å². The SMILES string of the molecule is CCCN(CC)CCNc1ccnc(NCC)c1. The second kappa shape index (κ2) is 8.75. The number of aromatic nitrogens is 1. The van der Waals surface area contributed by atoms with Gasteiger partial charge in [0, 0.05) is 37.6 Å². The summed E-state index contributed by atoms with van der Waals surface area (Å²) in [6, 6.07) is 4.07. The number of rotatable bonds is 9. The molecule has 0 radical (unpaired) electrons. The van der Waals surface area contributed by atoms with E-state index in [-0.39, 0.29) is 0 Å². The van der Waals surface area contributed by atoms with Crippen molar-refractivity contribution in [3.05, 3.63) is 18.3 Å². The monoisotopic (exact) mass is 250 g/mol. The molecular weight excluding hydrogens is 224 g/mol. The molecule has 1 heterocycles. The number of nitrogens with zero attached hydrogens (tertiary/aromatic N) is 2. The van der Waals surface area contributed by atoms with Crippen LogP contribution in [0, 0.1) is 0 Å². The second-order valence-corrected chi connectivity index (χ2v) is 4.32. The van der Waals surface area contributed by atoms with Gasteiger partial charge in [0.15, 0.2) is 0 Å². The highest BCUT2D eigenvalue weighted by Gasteiger charge is 2.00. The molecule has 0 unspecified atom stereocenters. The molecule has 1 aromatic rings. The molecule has 0 atom stereocenters. The van der Waals surface area contributed by atoms with Gasteiger partial charge in [0.05, 0.1) is 0 Å². The van der Waals surface area contributed by atoms with Gasteiger partial charge in [-0.25, -0.2) is 4.98 Å². The molecule has 102 valence electrons. The van der Waals surface area contributed by atoms with E-state index in [4.69, 9.17) is 0 Å². The second-order valence-electron chi connectivity index (χ2n) is 4.32. The normalized spacial score (nSPS) is 10.7. The van der Waals surface area contributed by atoms with Crippen LogP contribution in [0.4, 0.5) is 11.5 Å². The fourth-order valence-corrected chi connectivity index (χ4v) is 1.92. The van der Waals surface area contributed by atoms with Crippen LogP contribution >= 0.6 is 0 Å². The van der Waals surface area contributed by atoms with Crippen molar-refractivity contribution in [2.75, 3.05) is 43.4 Å². The van der Waals surface area contributed by atoms with Crippen molar-refractivity contribution in [3.8, 4) is 0 Å². The zero-order chi connectivity index (χ0) is 13.2. The van der Waals surface area contributed by atoms with Gasteiger partial charge in [0.25, 0.3) is 0 Å². The minimum absolute atomic E-state index is 0.899. The molecule has 0 aromatic carbocycles. The lowest BCUT2D eigenvalue weighted by Gasteiger charge is -2.20. The van der Waals surface area contributed by atoms with E-state index in [2.05, 4.69) is 47.4 Å². The van der Waals surface area contributed by atoms with E-state index in [9.17, 15) is 0 Å². The molecule has 1 rings (SSSR count). The van der Waals surface area contributed by atoms with Crippen LogP contribution in [0.1, 0.15) is 27.2 Å². The zero-order valence-electron chi connectivity index (χ0n) is 11.9. The summed E-state index contributed by atoms with van der Waals surface area (Å²) in [7, 11) is 0. The van der Waals surface area contributed by atoms with Gasteiger partial charge in [0.2, 0.25) is 0 Å². The summed E-state index contributed by atoms with van der Waals surface area (Å²) >= 11 is 0. The Labute approximate surface area is 111 Å². The van der Waals surface area contributed by atoms with Crippen LogP contribution in [-0.4, -0.2) is 42.6 Å². The highest BCUT2D eigenvalue weighted by Crippen LogP contribution is 2.11. The number of likely N-dealkylation sites (N-methyl/N-ethyl adjacent to an activating group) is 1. The molecule has 0 fully saturated rings. The van der Waals surface area contributed by atoms with Crippen LogP contribution in [0.15, 0.2) is 18.3 Å². The maximum absolute atomic E-state index is 4.26. The molecular formula is C14H26N4. The molecule has 0 aliphatic heterocycles. The van der Waals surface area contributed by atoms with Gasteiger partial charge >= 0.3 is 0 Å². The summed E-state index contributed by atoms with van der Waals surface area (Å²) in [5.41, 5.74) is 1.13. The first-order valence-corrected chi connectivity index (χ1v) is 6.96. The Balaban J connectivity index is 2.36.